The van der Waals surface area contributed by atoms with Crippen LogP contribution in [0.3, 0.4) is 0 Å². The normalized spacial score (nSPS) is 18.9. The first-order valence-corrected chi connectivity index (χ1v) is 7.01. The molecule has 1 aromatic rings. The third kappa shape index (κ3) is 3.47. The molecule has 1 aromatic carbocycles. The molecule has 100 valence electrons. The number of piperazine rings is 1. The molecule has 0 radical (unpaired) electrons. The standard InChI is InChI=1S/C15H25N3/c1-3-17-8-10-18(11-9-17)15-6-4-14(5-7-15)12-13(2)16/h4-7,13H,3,8-12,16H2,1-2H3. The number of likely N-dealkylation sites (N-methyl/N-ethyl adjacent to an activating group) is 1. The van der Waals surface area contributed by atoms with Crippen LogP contribution in [0, 0.1) is 0 Å². The second-order valence-electron chi connectivity index (χ2n) is 5.27. The average molecular weight is 247 g/mol. The molecule has 0 aliphatic carbocycles. The second kappa shape index (κ2) is 6.21. The van der Waals surface area contributed by atoms with Crippen molar-refractivity contribution in [2.45, 2.75) is 26.3 Å². The summed E-state index contributed by atoms with van der Waals surface area (Å²) in [6.07, 6.45) is 0.962. The van der Waals surface area contributed by atoms with Gasteiger partial charge in [-0.3, -0.25) is 0 Å². The first-order chi connectivity index (χ1) is 8.69. The highest BCUT2D eigenvalue weighted by Crippen LogP contribution is 2.17. The Labute approximate surface area is 111 Å². The molecule has 2 rings (SSSR count). The molecule has 3 heteroatoms. The molecule has 1 aliphatic heterocycles. The number of anilines is 1. The topological polar surface area (TPSA) is 32.5 Å². The van der Waals surface area contributed by atoms with Crippen LogP contribution in [-0.4, -0.2) is 43.7 Å². The summed E-state index contributed by atoms with van der Waals surface area (Å²) in [7, 11) is 0. The predicted octanol–water partition coefficient (Wildman–Crippen LogP) is 1.72. The third-order valence-corrected chi connectivity index (χ3v) is 3.68. The van der Waals surface area contributed by atoms with Crippen LogP contribution in [0.4, 0.5) is 5.69 Å². The van der Waals surface area contributed by atoms with Crippen molar-refractivity contribution in [1.29, 1.82) is 0 Å². The van der Waals surface area contributed by atoms with E-state index in [1.54, 1.807) is 0 Å². The van der Waals surface area contributed by atoms with Gasteiger partial charge in [0.05, 0.1) is 0 Å². The Kier molecular flexibility index (Phi) is 4.61. The monoisotopic (exact) mass is 247 g/mol. The molecular formula is C15H25N3. The summed E-state index contributed by atoms with van der Waals surface area (Å²) in [5, 5.41) is 0. The van der Waals surface area contributed by atoms with E-state index >= 15 is 0 Å². The summed E-state index contributed by atoms with van der Waals surface area (Å²) in [5.74, 6) is 0. The van der Waals surface area contributed by atoms with Crippen molar-refractivity contribution >= 4 is 5.69 Å². The first kappa shape index (κ1) is 13.4. The van der Waals surface area contributed by atoms with Crippen LogP contribution in [0.2, 0.25) is 0 Å². The van der Waals surface area contributed by atoms with Crippen LogP contribution in [0.5, 0.6) is 0 Å². The van der Waals surface area contributed by atoms with Crippen molar-refractivity contribution in [2.75, 3.05) is 37.6 Å². The van der Waals surface area contributed by atoms with Gasteiger partial charge in [-0.25, -0.2) is 0 Å². The maximum absolute atomic E-state index is 5.82. The van der Waals surface area contributed by atoms with E-state index in [1.807, 2.05) is 0 Å². The molecule has 0 saturated carbocycles. The van der Waals surface area contributed by atoms with Crippen molar-refractivity contribution < 1.29 is 0 Å². The van der Waals surface area contributed by atoms with E-state index in [4.69, 9.17) is 5.73 Å². The molecule has 1 aliphatic rings. The average Bonchev–Trinajstić information content (AvgIpc) is 2.39. The molecule has 1 unspecified atom stereocenters. The van der Waals surface area contributed by atoms with Crippen LogP contribution in [0.1, 0.15) is 19.4 Å². The van der Waals surface area contributed by atoms with Crippen LogP contribution in [0.15, 0.2) is 24.3 Å². The van der Waals surface area contributed by atoms with E-state index in [0.29, 0.717) is 0 Å². The molecule has 0 amide bonds. The smallest absolute Gasteiger partial charge is 0.0367 e. The van der Waals surface area contributed by atoms with Gasteiger partial charge in [-0.05, 0) is 37.6 Å². The van der Waals surface area contributed by atoms with Gasteiger partial charge in [0, 0.05) is 37.9 Å². The minimum absolute atomic E-state index is 0.240. The minimum Gasteiger partial charge on any atom is -0.369 e. The fraction of sp³-hybridized carbons (Fsp3) is 0.600. The fourth-order valence-electron chi connectivity index (χ4n) is 2.54. The van der Waals surface area contributed by atoms with Crippen molar-refractivity contribution in [2.24, 2.45) is 5.73 Å². The van der Waals surface area contributed by atoms with Crippen molar-refractivity contribution in [1.82, 2.24) is 4.90 Å². The van der Waals surface area contributed by atoms with E-state index in [2.05, 4.69) is 47.9 Å². The minimum atomic E-state index is 0.240. The number of nitrogens with two attached hydrogens (primary N) is 1. The number of rotatable bonds is 4. The molecule has 0 spiro atoms. The summed E-state index contributed by atoms with van der Waals surface area (Å²) in [4.78, 5) is 4.97. The summed E-state index contributed by atoms with van der Waals surface area (Å²) in [6.45, 7) is 10.1. The molecule has 1 saturated heterocycles. The second-order valence-corrected chi connectivity index (χ2v) is 5.27. The molecule has 1 heterocycles. The highest BCUT2D eigenvalue weighted by molar-refractivity contribution is 5.48. The number of hydrogen-bond acceptors (Lipinski definition) is 3. The Morgan fingerprint density at radius 3 is 2.22 bits per heavy atom. The molecule has 18 heavy (non-hydrogen) atoms. The van der Waals surface area contributed by atoms with Crippen LogP contribution >= 0.6 is 0 Å². The van der Waals surface area contributed by atoms with E-state index in [-0.39, 0.29) is 6.04 Å². The number of benzene rings is 1. The Morgan fingerprint density at radius 2 is 1.72 bits per heavy atom. The van der Waals surface area contributed by atoms with Gasteiger partial charge in [0.1, 0.15) is 0 Å². The molecule has 2 N–H and O–H groups in total. The maximum atomic E-state index is 5.82. The predicted molar refractivity (Wildman–Crippen MR) is 78.1 cm³/mol. The van der Waals surface area contributed by atoms with Crippen molar-refractivity contribution in [3.63, 3.8) is 0 Å². The van der Waals surface area contributed by atoms with Crippen LogP contribution in [-0.2, 0) is 6.42 Å². The van der Waals surface area contributed by atoms with Gasteiger partial charge in [0.2, 0.25) is 0 Å². The fourth-order valence-corrected chi connectivity index (χ4v) is 2.54. The van der Waals surface area contributed by atoms with Gasteiger partial charge < -0.3 is 15.5 Å². The zero-order chi connectivity index (χ0) is 13.0. The summed E-state index contributed by atoms with van der Waals surface area (Å²) in [5.41, 5.74) is 8.50. The zero-order valence-corrected chi connectivity index (χ0v) is 11.6. The summed E-state index contributed by atoms with van der Waals surface area (Å²) < 4.78 is 0. The summed E-state index contributed by atoms with van der Waals surface area (Å²) >= 11 is 0. The van der Waals surface area contributed by atoms with Crippen LogP contribution in [0.25, 0.3) is 0 Å². The first-order valence-electron chi connectivity index (χ1n) is 7.01. The van der Waals surface area contributed by atoms with Gasteiger partial charge in [-0.1, -0.05) is 19.1 Å². The molecular weight excluding hydrogens is 222 g/mol. The summed E-state index contributed by atoms with van der Waals surface area (Å²) in [6, 6.07) is 9.14. The van der Waals surface area contributed by atoms with E-state index in [1.165, 1.54) is 30.9 Å². The SMILES string of the molecule is CCN1CCN(c2ccc(CC(C)N)cc2)CC1. The lowest BCUT2D eigenvalue weighted by Gasteiger charge is -2.35. The molecule has 0 aromatic heterocycles. The molecule has 1 atom stereocenters. The Hall–Kier alpha value is -1.06. The molecule has 3 nitrogen and oxygen atoms in total. The van der Waals surface area contributed by atoms with Crippen LogP contribution < -0.4 is 10.6 Å². The Balaban J connectivity index is 1.93. The maximum Gasteiger partial charge on any atom is 0.0367 e. The van der Waals surface area contributed by atoms with Crippen molar-refractivity contribution in [3.05, 3.63) is 29.8 Å². The quantitative estimate of drug-likeness (QED) is 0.879. The lowest BCUT2D eigenvalue weighted by Crippen LogP contribution is -2.46. The number of nitrogens with zero attached hydrogens (tertiary/aromatic N) is 2. The van der Waals surface area contributed by atoms with E-state index in [0.717, 1.165) is 19.5 Å². The van der Waals surface area contributed by atoms with Gasteiger partial charge in [0.25, 0.3) is 0 Å². The Bertz CT molecular complexity index is 351. The van der Waals surface area contributed by atoms with E-state index in [9.17, 15) is 0 Å². The number of hydrogen-bond donors (Lipinski definition) is 1. The van der Waals surface area contributed by atoms with Gasteiger partial charge in [0.15, 0.2) is 0 Å². The zero-order valence-electron chi connectivity index (χ0n) is 11.6. The lowest BCUT2D eigenvalue weighted by molar-refractivity contribution is 0.271. The van der Waals surface area contributed by atoms with Crippen molar-refractivity contribution in [3.8, 4) is 0 Å². The van der Waals surface area contributed by atoms with Gasteiger partial charge in [-0.15, -0.1) is 0 Å². The van der Waals surface area contributed by atoms with E-state index < -0.39 is 0 Å². The highest BCUT2D eigenvalue weighted by Gasteiger charge is 2.15. The molecule has 1 fully saturated rings. The Morgan fingerprint density at radius 1 is 1.11 bits per heavy atom. The third-order valence-electron chi connectivity index (χ3n) is 3.68. The lowest BCUT2D eigenvalue weighted by atomic mass is 10.1. The van der Waals surface area contributed by atoms with Gasteiger partial charge >= 0.3 is 0 Å². The molecule has 0 bridgehead atoms. The largest absolute Gasteiger partial charge is 0.369 e. The van der Waals surface area contributed by atoms with Gasteiger partial charge in [-0.2, -0.15) is 0 Å². The highest BCUT2D eigenvalue weighted by atomic mass is 15.3.